The Morgan fingerprint density at radius 1 is 1.42 bits per heavy atom. The summed E-state index contributed by atoms with van der Waals surface area (Å²) in [5, 5.41) is 3.34. The molecule has 1 aliphatic rings. The fourth-order valence-corrected chi connectivity index (χ4v) is 2.45. The summed E-state index contributed by atoms with van der Waals surface area (Å²) >= 11 is 3.44. The van der Waals surface area contributed by atoms with Crippen molar-refractivity contribution < 1.29 is 9.53 Å². The number of ether oxygens (including phenoxy) is 1. The van der Waals surface area contributed by atoms with Crippen molar-refractivity contribution in [3.63, 3.8) is 0 Å². The number of esters is 1. The molecule has 0 aliphatic carbocycles. The van der Waals surface area contributed by atoms with Crippen molar-refractivity contribution in [1.29, 1.82) is 0 Å². The first-order valence-electron chi connectivity index (χ1n) is 6.60. The molecule has 1 fully saturated rings. The normalized spacial score (nSPS) is 19.5. The van der Waals surface area contributed by atoms with Crippen LogP contribution in [0, 0.1) is 5.41 Å². The molecule has 104 valence electrons. The van der Waals surface area contributed by atoms with Crippen LogP contribution in [0.5, 0.6) is 5.75 Å². The van der Waals surface area contributed by atoms with E-state index in [1.54, 1.807) is 0 Å². The SMILES string of the molecule is CC(C)(C)C(=O)Oc1cc(Br)ccc1[C@@H]1CCNC1. The molecule has 0 amide bonds. The van der Waals surface area contributed by atoms with E-state index in [0.29, 0.717) is 11.7 Å². The highest BCUT2D eigenvalue weighted by Crippen LogP contribution is 2.34. The van der Waals surface area contributed by atoms with Crippen molar-refractivity contribution in [3.8, 4) is 5.75 Å². The quantitative estimate of drug-likeness (QED) is 0.668. The number of hydrogen-bond acceptors (Lipinski definition) is 3. The molecule has 1 saturated heterocycles. The maximum absolute atomic E-state index is 12.1. The molecule has 1 N–H and O–H groups in total. The second kappa shape index (κ2) is 5.63. The van der Waals surface area contributed by atoms with E-state index in [-0.39, 0.29) is 5.97 Å². The molecule has 1 heterocycles. The minimum atomic E-state index is -0.493. The first-order valence-corrected chi connectivity index (χ1v) is 7.39. The second-order valence-corrected chi connectivity index (χ2v) is 6.93. The van der Waals surface area contributed by atoms with Crippen LogP contribution in [0.25, 0.3) is 0 Å². The number of rotatable bonds is 2. The van der Waals surface area contributed by atoms with E-state index in [1.807, 2.05) is 39.0 Å². The van der Waals surface area contributed by atoms with E-state index in [9.17, 15) is 4.79 Å². The summed E-state index contributed by atoms with van der Waals surface area (Å²) in [7, 11) is 0. The molecular formula is C15H20BrNO2. The molecule has 2 rings (SSSR count). The van der Waals surface area contributed by atoms with Crippen LogP contribution in [0.1, 0.15) is 38.7 Å². The van der Waals surface area contributed by atoms with Crippen molar-refractivity contribution in [2.24, 2.45) is 5.41 Å². The zero-order chi connectivity index (χ0) is 14.0. The summed E-state index contributed by atoms with van der Waals surface area (Å²) in [6.45, 7) is 7.56. The molecule has 0 unspecified atom stereocenters. The number of hydrogen-bond donors (Lipinski definition) is 1. The van der Waals surface area contributed by atoms with E-state index in [2.05, 4.69) is 21.2 Å². The molecule has 0 saturated carbocycles. The first kappa shape index (κ1) is 14.5. The lowest BCUT2D eigenvalue weighted by Crippen LogP contribution is -2.26. The Hall–Kier alpha value is -0.870. The summed E-state index contributed by atoms with van der Waals surface area (Å²) in [6.07, 6.45) is 1.09. The van der Waals surface area contributed by atoms with Crippen LogP contribution in [0.4, 0.5) is 0 Å². The van der Waals surface area contributed by atoms with Gasteiger partial charge in [-0.25, -0.2) is 0 Å². The Morgan fingerprint density at radius 3 is 2.74 bits per heavy atom. The van der Waals surface area contributed by atoms with E-state index >= 15 is 0 Å². The molecule has 1 atom stereocenters. The second-order valence-electron chi connectivity index (χ2n) is 6.01. The molecule has 4 heteroatoms. The minimum Gasteiger partial charge on any atom is -0.426 e. The van der Waals surface area contributed by atoms with Crippen LogP contribution in [-0.2, 0) is 4.79 Å². The lowest BCUT2D eigenvalue weighted by Gasteiger charge is -2.20. The minimum absolute atomic E-state index is 0.196. The van der Waals surface area contributed by atoms with E-state index in [1.165, 1.54) is 0 Å². The summed E-state index contributed by atoms with van der Waals surface area (Å²) in [4.78, 5) is 12.1. The van der Waals surface area contributed by atoms with Gasteiger partial charge in [0.15, 0.2) is 0 Å². The van der Waals surface area contributed by atoms with E-state index < -0.39 is 5.41 Å². The van der Waals surface area contributed by atoms with Gasteiger partial charge in [0, 0.05) is 16.9 Å². The Bertz CT molecular complexity index is 474. The van der Waals surface area contributed by atoms with Crippen molar-refractivity contribution in [2.75, 3.05) is 13.1 Å². The van der Waals surface area contributed by atoms with Gasteiger partial charge in [-0.2, -0.15) is 0 Å². The predicted molar refractivity (Wildman–Crippen MR) is 79.5 cm³/mol. The summed E-state index contributed by atoms with van der Waals surface area (Å²) in [5.41, 5.74) is 0.624. The number of carbonyl (C=O) groups is 1. The van der Waals surface area contributed by atoms with Gasteiger partial charge < -0.3 is 10.1 Å². The topological polar surface area (TPSA) is 38.3 Å². The van der Waals surface area contributed by atoms with Crippen molar-refractivity contribution in [2.45, 2.75) is 33.1 Å². The van der Waals surface area contributed by atoms with Gasteiger partial charge in [0.05, 0.1) is 5.41 Å². The van der Waals surface area contributed by atoms with E-state index in [4.69, 9.17) is 4.74 Å². The number of halogens is 1. The monoisotopic (exact) mass is 325 g/mol. The van der Waals surface area contributed by atoms with Gasteiger partial charge in [-0.05, 0) is 51.4 Å². The van der Waals surface area contributed by atoms with Crippen LogP contribution in [0.3, 0.4) is 0 Å². The Labute approximate surface area is 122 Å². The molecule has 1 aromatic rings. The average molecular weight is 326 g/mol. The molecule has 0 spiro atoms. The third-order valence-electron chi connectivity index (χ3n) is 3.29. The Balaban J connectivity index is 2.27. The zero-order valence-corrected chi connectivity index (χ0v) is 13.2. The van der Waals surface area contributed by atoms with Crippen LogP contribution in [0.15, 0.2) is 22.7 Å². The third-order valence-corrected chi connectivity index (χ3v) is 3.78. The van der Waals surface area contributed by atoms with Crippen molar-refractivity contribution >= 4 is 21.9 Å². The third kappa shape index (κ3) is 3.57. The zero-order valence-electron chi connectivity index (χ0n) is 11.6. The van der Waals surface area contributed by atoms with Crippen LogP contribution in [0.2, 0.25) is 0 Å². The number of nitrogens with one attached hydrogen (secondary N) is 1. The maximum Gasteiger partial charge on any atom is 0.316 e. The molecule has 1 aromatic carbocycles. The van der Waals surface area contributed by atoms with E-state index in [0.717, 1.165) is 29.5 Å². The van der Waals surface area contributed by atoms with Gasteiger partial charge >= 0.3 is 5.97 Å². The molecule has 1 aliphatic heterocycles. The fraction of sp³-hybridized carbons (Fsp3) is 0.533. The van der Waals surface area contributed by atoms with Gasteiger partial charge in [0.2, 0.25) is 0 Å². The molecule has 0 bridgehead atoms. The number of benzene rings is 1. The Kier molecular flexibility index (Phi) is 4.31. The van der Waals surface area contributed by atoms with Gasteiger partial charge in [0.1, 0.15) is 5.75 Å². The number of carbonyl (C=O) groups excluding carboxylic acids is 1. The maximum atomic E-state index is 12.1. The smallest absolute Gasteiger partial charge is 0.316 e. The van der Waals surface area contributed by atoms with Gasteiger partial charge in [-0.3, -0.25) is 4.79 Å². The van der Waals surface area contributed by atoms with Gasteiger partial charge in [0.25, 0.3) is 0 Å². The lowest BCUT2D eigenvalue weighted by atomic mass is 9.96. The molecule has 0 radical (unpaired) electrons. The van der Waals surface area contributed by atoms with Crippen molar-refractivity contribution in [1.82, 2.24) is 5.32 Å². The highest BCUT2D eigenvalue weighted by atomic mass is 79.9. The largest absolute Gasteiger partial charge is 0.426 e. The van der Waals surface area contributed by atoms with Crippen LogP contribution >= 0.6 is 15.9 Å². The van der Waals surface area contributed by atoms with Gasteiger partial charge in [-0.1, -0.05) is 22.0 Å². The lowest BCUT2D eigenvalue weighted by molar-refractivity contribution is -0.143. The molecule has 19 heavy (non-hydrogen) atoms. The standard InChI is InChI=1S/C15H20BrNO2/c1-15(2,3)14(18)19-13-8-11(16)4-5-12(13)10-6-7-17-9-10/h4-5,8,10,17H,6-7,9H2,1-3H3/t10-/m1/s1. The molecule has 0 aromatic heterocycles. The predicted octanol–water partition coefficient (Wildman–Crippen LogP) is 3.48. The highest BCUT2D eigenvalue weighted by molar-refractivity contribution is 9.10. The summed E-state index contributed by atoms with van der Waals surface area (Å²) in [6, 6.07) is 5.94. The average Bonchev–Trinajstić information content (AvgIpc) is 2.81. The Morgan fingerprint density at radius 2 is 2.16 bits per heavy atom. The van der Waals surface area contributed by atoms with Crippen LogP contribution in [-0.4, -0.2) is 19.1 Å². The molecular weight excluding hydrogens is 306 g/mol. The highest BCUT2D eigenvalue weighted by Gasteiger charge is 2.27. The first-order chi connectivity index (χ1) is 8.88. The van der Waals surface area contributed by atoms with Crippen molar-refractivity contribution in [3.05, 3.63) is 28.2 Å². The van der Waals surface area contributed by atoms with Gasteiger partial charge in [-0.15, -0.1) is 0 Å². The van der Waals surface area contributed by atoms with Crippen LogP contribution < -0.4 is 10.1 Å². The summed E-state index contributed by atoms with van der Waals surface area (Å²) < 4.78 is 6.54. The summed E-state index contributed by atoms with van der Waals surface area (Å²) in [5.74, 6) is 0.914. The molecule has 3 nitrogen and oxygen atoms in total. The fourth-order valence-electron chi connectivity index (χ4n) is 2.11.